The van der Waals surface area contributed by atoms with E-state index in [1.807, 2.05) is 13.0 Å². The summed E-state index contributed by atoms with van der Waals surface area (Å²) in [6, 6.07) is 9.34. The number of halogens is 3. The molecule has 4 rings (SSSR count). The van der Waals surface area contributed by atoms with E-state index < -0.39 is 29.1 Å². The summed E-state index contributed by atoms with van der Waals surface area (Å²) in [7, 11) is 0. The van der Waals surface area contributed by atoms with Gasteiger partial charge in [-0.1, -0.05) is 19.1 Å². The predicted octanol–water partition coefficient (Wildman–Crippen LogP) is 5.09. The number of aromatic amines is 1. The first-order chi connectivity index (χ1) is 15.1. The van der Waals surface area contributed by atoms with Crippen LogP contribution in [0.2, 0.25) is 0 Å². The van der Waals surface area contributed by atoms with Gasteiger partial charge in [0, 0.05) is 36.2 Å². The third kappa shape index (κ3) is 5.18. The Morgan fingerprint density at radius 2 is 2.00 bits per heavy atom. The van der Waals surface area contributed by atoms with E-state index in [0.29, 0.717) is 30.5 Å². The molecule has 1 aromatic carbocycles. The van der Waals surface area contributed by atoms with Gasteiger partial charge in [0.15, 0.2) is 5.43 Å². The molecule has 5 nitrogen and oxygen atoms in total. The van der Waals surface area contributed by atoms with Gasteiger partial charge < -0.3 is 10.7 Å². The molecule has 2 aromatic heterocycles. The highest BCUT2D eigenvalue weighted by atomic mass is 19.3. The number of carbonyl (C=O) groups excluding carboxylic acids is 1. The maximum absolute atomic E-state index is 14.2. The van der Waals surface area contributed by atoms with E-state index in [9.17, 15) is 22.8 Å². The summed E-state index contributed by atoms with van der Waals surface area (Å²) in [4.78, 5) is 30.7. The highest BCUT2D eigenvalue weighted by molar-refractivity contribution is 6.03. The molecule has 1 amide bonds. The Labute approximate surface area is 183 Å². The monoisotopic (exact) mass is 445 g/mol. The van der Waals surface area contributed by atoms with Gasteiger partial charge in [-0.25, -0.2) is 13.2 Å². The molecule has 1 aliphatic carbocycles. The van der Waals surface area contributed by atoms with Crippen LogP contribution in [0.5, 0.6) is 0 Å². The highest BCUT2D eigenvalue weighted by Crippen LogP contribution is 2.46. The average molecular weight is 445 g/mol. The van der Waals surface area contributed by atoms with Crippen LogP contribution in [0.15, 0.2) is 47.4 Å². The van der Waals surface area contributed by atoms with E-state index in [2.05, 4.69) is 9.97 Å². The summed E-state index contributed by atoms with van der Waals surface area (Å²) in [5.41, 5.74) is 6.53. The van der Waals surface area contributed by atoms with Crippen molar-refractivity contribution in [3.63, 3.8) is 0 Å². The van der Waals surface area contributed by atoms with Gasteiger partial charge in [-0.15, -0.1) is 0 Å². The number of alkyl halides is 2. The third-order valence-electron chi connectivity index (χ3n) is 5.89. The molecule has 2 atom stereocenters. The van der Waals surface area contributed by atoms with Gasteiger partial charge in [-0.05, 0) is 49.9 Å². The number of carbonyl (C=O) groups is 1. The van der Waals surface area contributed by atoms with E-state index >= 15 is 0 Å². The minimum absolute atomic E-state index is 0.0998. The Kier molecular flexibility index (Phi) is 7.01. The van der Waals surface area contributed by atoms with E-state index in [-0.39, 0.29) is 23.3 Å². The van der Waals surface area contributed by atoms with Crippen LogP contribution >= 0.6 is 0 Å². The second-order valence-corrected chi connectivity index (χ2v) is 8.18. The van der Waals surface area contributed by atoms with Crippen molar-refractivity contribution in [1.82, 2.24) is 9.97 Å². The molecule has 32 heavy (non-hydrogen) atoms. The lowest BCUT2D eigenvalue weighted by atomic mass is 9.76. The van der Waals surface area contributed by atoms with Crippen molar-refractivity contribution in [3.8, 4) is 0 Å². The SMILES string of the molecule is CC[C@@H]1CC[C@H](c2cc(=O)c3c(C(N)=O)nccc3[nH]2)CC1(F)F.Cc1cccc(F)c1. The van der Waals surface area contributed by atoms with Gasteiger partial charge >= 0.3 is 0 Å². The van der Waals surface area contributed by atoms with Crippen LogP contribution in [-0.2, 0) is 0 Å². The molecule has 0 bridgehead atoms. The number of primary amides is 1. The molecule has 1 aliphatic rings. The van der Waals surface area contributed by atoms with Crippen LogP contribution < -0.4 is 11.2 Å². The van der Waals surface area contributed by atoms with E-state index in [1.165, 1.54) is 24.4 Å². The fraction of sp³-hybridized carbons (Fsp3) is 0.375. The molecule has 1 fully saturated rings. The quantitative estimate of drug-likeness (QED) is 0.589. The van der Waals surface area contributed by atoms with E-state index in [1.54, 1.807) is 19.1 Å². The number of aromatic nitrogens is 2. The average Bonchev–Trinajstić information content (AvgIpc) is 2.72. The fourth-order valence-corrected chi connectivity index (χ4v) is 4.21. The minimum atomic E-state index is -2.74. The van der Waals surface area contributed by atoms with Crippen LogP contribution in [0.3, 0.4) is 0 Å². The highest BCUT2D eigenvalue weighted by Gasteiger charge is 2.44. The van der Waals surface area contributed by atoms with Gasteiger partial charge in [0.1, 0.15) is 11.5 Å². The van der Waals surface area contributed by atoms with Crippen LogP contribution in [-0.4, -0.2) is 21.8 Å². The summed E-state index contributed by atoms with van der Waals surface area (Å²) < 4.78 is 40.6. The number of nitrogens with two attached hydrogens (primary N) is 1. The lowest BCUT2D eigenvalue weighted by molar-refractivity contribution is -0.0931. The summed E-state index contributed by atoms with van der Waals surface area (Å²) in [5, 5.41) is 0.0998. The second-order valence-electron chi connectivity index (χ2n) is 8.18. The topological polar surface area (TPSA) is 88.8 Å². The Morgan fingerprint density at radius 3 is 2.56 bits per heavy atom. The number of nitrogens with one attached hydrogen (secondary N) is 1. The molecule has 0 spiro atoms. The number of pyridine rings is 2. The second kappa shape index (κ2) is 9.54. The number of rotatable bonds is 3. The maximum Gasteiger partial charge on any atom is 0.268 e. The molecular formula is C24H26F3N3O2. The zero-order chi connectivity index (χ0) is 23.5. The van der Waals surface area contributed by atoms with Gasteiger partial charge in [0.2, 0.25) is 0 Å². The predicted molar refractivity (Wildman–Crippen MR) is 117 cm³/mol. The number of benzene rings is 1. The van der Waals surface area contributed by atoms with Crippen LogP contribution in [0.25, 0.3) is 10.9 Å². The van der Waals surface area contributed by atoms with Crippen LogP contribution in [0, 0.1) is 18.7 Å². The first kappa shape index (κ1) is 23.5. The van der Waals surface area contributed by atoms with Crippen molar-refractivity contribution in [3.05, 3.63) is 75.6 Å². The van der Waals surface area contributed by atoms with Gasteiger partial charge in [0.25, 0.3) is 11.8 Å². The fourth-order valence-electron chi connectivity index (χ4n) is 4.21. The van der Waals surface area contributed by atoms with Crippen molar-refractivity contribution in [2.75, 3.05) is 0 Å². The zero-order valence-electron chi connectivity index (χ0n) is 18.0. The molecular weight excluding hydrogens is 419 g/mol. The molecule has 170 valence electrons. The van der Waals surface area contributed by atoms with Crippen molar-refractivity contribution in [2.45, 2.75) is 51.4 Å². The summed E-state index contributed by atoms with van der Waals surface area (Å²) >= 11 is 0. The molecule has 1 saturated carbocycles. The number of H-pyrrole nitrogens is 1. The number of nitrogens with zero attached hydrogens (tertiary/aromatic N) is 1. The molecule has 8 heteroatoms. The Morgan fingerprint density at radius 1 is 1.25 bits per heavy atom. The van der Waals surface area contributed by atoms with Gasteiger partial charge in [0.05, 0.1) is 10.9 Å². The van der Waals surface area contributed by atoms with Crippen LogP contribution in [0.1, 0.15) is 60.3 Å². The molecule has 0 radical (unpaired) electrons. The lowest BCUT2D eigenvalue weighted by Gasteiger charge is -2.35. The number of hydrogen-bond acceptors (Lipinski definition) is 3. The maximum atomic E-state index is 14.2. The zero-order valence-corrected chi connectivity index (χ0v) is 18.0. The number of hydrogen-bond donors (Lipinski definition) is 2. The summed E-state index contributed by atoms with van der Waals surface area (Å²) in [6.07, 6.45) is 2.56. The number of fused-ring (bicyclic) bond motifs is 1. The molecule has 0 aliphatic heterocycles. The number of amides is 1. The summed E-state index contributed by atoms with van der Waals surface area (Å²) in [5.74, 6) is -4.71. The Balaban J connectivity index is 0.000000305. The molecule has 3 aromatic rings. The summed E-state index contributed by atoms with van der Waals surface area (Å²) in [6.45, 7) is 3.64. The van der Waals surface area contributed by atoms with E-state index in [4.69, 9.17) is 5.73 Å². The molecule has 0 unspecified atom stereocenters. The molecule has 2 heterocycles. The van der Waals surface area contributed by atoms with Gasteiger partial charge in [-0.2, -0.15) is 0 Å². The molecule has 0 saturated heterocycles. The normalized spacial score (nSPS) is 19.8. The third-order valence-corrected chi connectivity index (χ3v) is 5.89. The first-order valence-electron chi connectivity index (χ1n) is 10.5. The first-order valence-corrected chi connectivity index (χ1v) is 10.5. The Bertz CT molecular complexity index is 1160. The largest absolute Gasteiger partial charge is 0.364 e. The molecule has 3 N–H and O–H groups in total. The van der Waals surface area contributed by atoms with Gasteiger partial charge in [-0.3, -0.25) is 14.6 Å². The van der Waals surface area contributed by atoms with E-state index in [0.717, 1.165) is 5.56 Å². The minimum Gasteiger partial charge on any atom is -0.364 e. The lowest BCUT2D eigenvalue weighted by Crippen LogP contribution is -2.35. The Hall–Kier alpha value is -3.16. The van der Waals surface area contributed by atoms with Crippen molar-refractivity contribution >= 4 is 16.8 Å². The van der Waals surface area contributed by atoms with Crippen molar-refractivity contribution in [1.29, 1.82) is 0 Å². The van der Waals surface area contributed by atoms with Crippen molar-refractivity contribution in [2.24, 2.45) is 11.7 Å². The van der Waals surface area contributed by atoms with Crippen molar-refractivity contribution < 1.29 is 18.0 Å². The van der Waals surface area contributed by atoms with Crippen LogP contribution in [0.4, 0.5) is 13.2 Å². The number of aryl methyl sites for hydroxylation is 1. The standard InChI is InChI=1S/C17H19F2N3O2.C7H7F/c1-2-10-4-3-9(8-17(10,18)19)12-7-13(23)14-11(22-12)5-6-21-15(14)16(20)24;1-6-3-2-4-7(8)5-6/h5-7,9-10H,2-4,8H2,1H3,(H2,20,24)(H,22,23);2-5H,1H3/t9-,10+;/m0./s1. The smallest absolute Gasteiger partial charge is 0.268 e.